The van der Waals surface area contributed by atoms with Crippen LogP contribution in [-0.4, -0.2) is 45.5 Å². The zero-order valence-electron chi connectivity index (χ0n) is 22.3. The number of nitrogens with one attached hydrogen (secondary N) is 1. The molecule has 2 amide bonds. The Morgan fingerprint density at radius 2 is 1.43 bits per heavy atom. The van der Waals surface area contributed by atoms with Gasteiger partial charge >= 0.3 is 6.09 Å². The second-order valence-electron chi connectivity index (χ2n) is 9.31. The highest BCUT2D eigenvalue weighted by molar-refractivity contribution is 5.81. The van der Waals surface area contributed by atoms with Crippen LogP contribution < -0.4 is 25.3 Å². The molecule has 1 aliphatic carbocycles. The van der Waals surface area contributed by atoms with Gasteiger partial charge in [-0.1, -0.05) is 60.7 Å². The molecule has 1 unspecified atom stereocenters. The van der Waals surface area contributed by atoms with Gasteiger partial charge in [0.1, 0.15) is 23.9 Å². The molecule has 0 radical (unpaired) electrons. The Hall–Kier alpha value is -4.98. The van der Waals surface area contributed by atoms with E-state index in [1.165, 1.54) is 0 Å². The first-order chi connectivity index (χ1) is 19.5. The number of ether oxygens (including phenoxy) is 4. The first-order valence-corrected chi connectivity index (χ1v) is 12.9. The van der Waals surface area contributed by atoms with Crippen molar-refractivity contribution in [3.63, 3.8) is 0 Å². The van der Waals surface area contributed by atoms with Crippen LogP contribution in [0.25, 0.3) is 22.3 Å². The molecular weight excluding hydrogens is 508 g/mol. The summed E-state index contributed by atoms with van der Waals surface area (Å²) >= 11 is 0. The normalized spacial score (nSPS) is 12.6. The van der Waals surface area contributed by atoms with E-state index in [2.05, 4.69) is 17.4 Å². The smallest absolute Gasteiger partial charge is 0.407 e. The predicted octanol–water partition coefficient (Wildman–Crippen LogP) is 5.14. The SMILES string of the molecule is COc1ccc(-c2ccc(OC(CNC(=O)OCC3c4ccccc4-c4ccccc43)C(N)=O)cc2)c(OC)c1. The summed E-state index contributed by atoms with van der Waals surface area (Å²) in [6, 6.07) is 28.9. The Bertz CT molecular complexity index is 1470. The van der Waals surface area contributed by atoms with Crippen molar-refractivity contribution < 1.29 is 28.5 Å². The third kappa shape index (κ3) is 5.56. The number of rotatable bonds is 10. The number of carbonyl (C=O) groups is 2. The maximum absolute atomic E-state index is 12.5. The highest BCUT2D eigenvalue weighted by Crippen LogP contribution is 2.44. The lowest BCUT2D eigenvalue weighted by atomic mass is 9.98. The van der Waals surface area contributed by atoms with Crippen molar-refractivity contribution in [1.82, 2.24) is 5.32 Å². The van der Waals surface area contributed by atoms with Crippen molar-refractivity contribution in [2.45, 2.75) is 12.0 Å². The Labute approximate surface area is 232 Å². The molecule has 0 fully saturated rings. The third-order valence-electron chi connectivity index (χ3n) is 6.95. The number of nitrogens with two attached hydrogens (primary N) is 1. The number of alkyl carbamates (subject to hydrolysis) is 1. The fourth-order valence-corrected chi connectivity index (χ4v) is 4.94. The molecule has 4 aromatic rings. The lowest BCUT2D eigenvalue weighted by Gasteiger charge is -2.18. The van der Waals surface area contributed by atoms with E-state index < -0.39 is 18.1 Å². The van der Waals surface area contributed by atoms with Crippen LogP contribution >= 0.6 is 0 Å². The van der Waals surface area contributed by atoms with Gasteiger partial charge in [-0.3, -0.25) is 4.79 Å². The zero-order chi connectivity index (χ0) is 28.1. The second kappa shape index (κ2) is 11.8. The molecule has 0 aromatic heterocycles. The molecule has 3 N–H and O–H groups in total. The van der Waals surface area contributed by atoms with Crippen LogP contribution in [0.4, 0.5) is 4.79 Å². The largest absolute Gasteiger partial charge is 0.497 e. The molecule has 0 bridgehead atoms. The van der Waals surface area contributed by atoms with Gasteiger partial charge in [0.25, 0.3) is 5.91 Å². The maximum Gasteiger partial charge on any atom is 0.407 e. The molecule has 0 heterocycles. The molecule has 0 spiro atoms. The molecule has 4 aromatic carbocycles. The molecule has 0 aliphatic heterocycles. The number of hydrogen-bond donors (Lipinski definition) is 2. The van der Waals surface area contributed by atoms with E-state index in [1.54, 1.807) is 32.4 Å². The molecule has 8 nitrogen and oxygen atoms in total. The quantitative estimate of drug-likeness (QED) is 0.289. The van der Waals surface area contributed by atoms with E-state index in [0.717, 1.165) is 33.4 Å². The standard InChI is InChI=1S/C32H30N2O6/c1-37-22-15-16-23(29(17-22)38-2)20-11-13-21(14-12-20)40-30(31(33)35)18-34-32(36)39-19-28-26-9-5-3-7-24(26)25-8-4-6-10-27(25)28/h3-17,28,30H,18-19H2,1-2H3,(H2,33,35)(H,34,36). The number of methoxy groups -OCH3 is 2. The van der Waals surface area contributed by atoms with Crippen LogP contribution in [0.1, 0.15) is 17.0 Å². The van der Waals surface area contributed by atoms with Gasteiger partial charge in [0.15, 0.2) is 6.10 Å². The van der Waals surface area contributed by atoms with Crippen molar-refractivity contribution in [3.8, 4) is 39.5 Å². The van der Waals surface area contributed by atoms with Gasteiger partial charge in [-0.15, -0.1) is 0 Å². The lowest BCUT2D eigenvalue weighted by Crippen LogP contribution is -2.44. The van der Waals surface area contributed by atoms with Crippen molar-refractivity contribution in [2.24, 2.45) is 5.73 Å². The monoisotopic (exact) mass is 538 g/mol. The van der Waals surface area contributed by atoms with Gasteiger partial charge in [0.2, 0.25) is 0 Å². The van der Waals surface area contributed by atoms with Gasteiger partial charge in [0, 0.05) is 17.5 Å². The van der Waals surface area contributed by atoms with Crippen molar-refractivity contribution >= 4 is 12.0 Å². The molecule has 0 saturated carbocycles. The summed E-state index contributed by atoms with van der Waals surface area (Å²) < 4.78 is 22.1. The predicted molar refractivity (Wildman–Crippen MR) is 152 cm³/mol. The third-order valence-corrected chi connectivity index (χ3v) is 6.95. The highest BCUT2D eigenvalue weighted by atomic mass is 16.5. The molecule has 8 heteroatoms. The first-order valence-electron chi connectivity index (χ1n) is 12.9. The zero-order valence-corrected chi connectivity index (χ0v) is 22.3. The van der Waals surface area contributed by atoms with E-state index in [4.69, 9.17) is 24.7 Å². The highest BCUT2D eigenvalue weighted by Gasteiger charge is 2.29. The molecule has 1 aliphatic rings. The van der Waals surface area contributed by atoms with Crippen LogP contribution in [0.3, 0.4) is 0 Å². The van der Waals surface area contributed by atoms with E-state index in [1.807, 2.05) is 60.7 Å². The molecule has 5 rings (SSSR count). The second-order valence-corrected chi connectivity index (χ2v) is 9.31. The van der Waals surface area contributed by atoms with Crippen LogP contribution in [0.2, 0.25) is 0 Å². The lowest BCUT2D eigenvalue weighted by molar-refractivity contribution is -0.124. The molecular formula is C32H30N2O6. The molecule has 40 heavy (non-hydrogen) atoms. The summed E-state index contributed by atoms with van der Waals surface area (Å²) in [4.78, 5) is 24.6. The minimum absolute atomic E-state index is 0.0656. The fourth-order valence-electron chi connectivity index (χ4n) is 4.94. The van der Waals surface area contributed by atoms with Crippen molar-refractivity contribution in [3.05, 3.63) is 102 Å². The van der Waals surface area contributed by atoms with E-state index in [9.17, 15) is 9.59 Å². The summed E-state index contributed by atoms with van der Waals surface area (Å²) in [5.74, 6) is 1.00. The number of hydrogen-bond acceptors (Lipinski definition) is 6. The maximum atomic E-state index is 12.5. The van der Waals surface area contributed by atoms with Gasteiger partial charge < -0.3 is 30.0 Å². The number of fused-ring (bicyclic) bond motifs is 3. The minimum Gasteiger partial charge on any atom is -0.497 e. The summed E-state index contributed by atoms with van der Waals surface area (Å²) in [6.45, 7) is 0.0261. The van der Waals surface area contributed by atoms with Gasteiger partial charge in [0.05, 0.1) is 20.8 Å². The average molecular weight is 539 g/mol. The van der Waals surface area contributed by atoms with Gasteiger partial charge in [-0.05, 0) is 52.1 Å². The average Bonchev–Trinajstić information content (AvgIpc) is 3.31. The van der Waals surface area contributed by atoms with Gasteiger partial charge in [-0.2, -0.15) is 0 Å². The molecule has 0 saturated heterocycles. The Morgan fingerprint density at radius 3 is 2.02 bits per heavy atom. The Morgan fingerprint density at radius 1 is 0.800 bits per heavy atom. The van der Waals surface area contributed by atoms with Crippen LogP contribution in [0, 0.1) is 0 Å². The first kappa shape index (κ1) is 26.6. The van der Waals surface area contributed by atoms with Crippen LogP contribution in [-0.2, 0) is 9.53 Å². The number of amides is 2. The summed E-state index contributed by atoms with van der Waals surface area (Å²) in [5, 5.41) is 2.60. The Balaban J connectivity index is 1.18. The van der Waals surface area contributed by atoms with Crippen LogP contribution in [0.5, 0.6) is 17.2 Å². The molecule has 204 valence electrons. The number of primary amides is 1. The summed E-state index contributed by atoms with van der Waals surface area (Å²) in [6.07, 6.45) is -1.74. The fraction of sp³-hybridized carbons (Fsp3) is 0.188. The Kier molecular flexibility index (Phi) is 7.87. The topological polar surface area (TPSA) is 109 Å². The van der Waals surface area contributed by atoms with E-state index in [0.29, 0.717) is 17.2 Å². The number of benzene rings is 4. The minimum atomic E-state index is -1.08. The van der Waals surface area contributed by atoms with Gasteiger partial charge in [-0.25, -0.2) is 4.79 Å². The number of carbonyl (C=O) groups excluding carboxylic acids is 2. The van der Waals surface area contributed by atoms with E-state index in [-0.39, 0.29) is 19.1 Å². The summed E-state index contributed by atoms with van der Waals surface area (Å²) in [5.41, 5.74) is 11.8. The summed E-state index contributed by atoms with van der Waals surface area (Å²) in [7, 11) is 3.19. The molecule has 1 atom stereocenters. The van der Waals surface area contributed by atoms with Crippen molar-refractivity contribution in [1.29, 1.82) is 0 Å². The van der Waals surface area contributed by atoms with E-state index >= 15 is 0 Å². The van der Waals surface area contributed by atoms with Crippen LogP contribution in [0.15, 0.2) is 91.0 Å². The van der Waals surface area contributed by atoms with Crippen molar-refractivity contribution in [2.75, 3.05) is 27.4 Å².